The molecule has 0 aromatic heterocycles. The number of aliphatic hydroxyl groups excluding tert-OH is 1. The molecule has 5 aliphatic rings. The first-order chi connectivity index (χ1) is 16.7. The van der Waals surface area contributed by atoms with E-state index in [2.05, 4.69) is 60.1 Å². The van der Waals surface area contributed by atoms with E-state index in [0.29, 0.717) is 5.92 Å². The Hall–Kier alpha value is -1.46. The average Bonchev–Trinajstić information content (AvgIpc) is 3.41. The van der Waals surface area contributed by atoms with Crippen LogP contribution in [0.15, 0.2) is 45.5 Å². The second kappa shape index (κ2) is 8.55. The standard InChI is InChI=1S/C30H39BrN2O2/c1-18(34)33-28(19-4-7-21(31)8-5-19)17-27(32-33)26-11-10-24-23-9-6-20-16-22(35)12-14-29(20,2)25(23)13-15-30(24,26)3/h4-8,22-26,28,35H,9-17H2,1-3H3/t22-,23-,24-,25-,26+,28+,29-,30-/m0/s1. The van der Waals surface area contributed by atoms with Crippen LogP contribution in [0.25, 0.3) is 0 Å². The Kier molecular flexibility index (Phi) is 5.84. The first-order valence-corrected chi connectivity index (χ1v) is 14.5. The van der Waals surface area contributed by atoms with Gasteiger partial charge in [-0.3, -0.25) is 4.79 Å². The molecule has 0 saturated heterocycles. The Bertz CT molecular complexity index is 1080. The van der Waals surface area contributed by atoms with Gasteiger partial charge in [0.05, 0.1) is 12.1 Å². The molecule has 5 heteroatoms. The lowest BCUT2D eigenvalue weighted by molar-refractivity contribution is -0.130. The van der Waals surface area contributed by atoms with Crippen molar-refractivity contribution in [2.24, 2.45) is 39.6 Å². The molecule has 0 radical (unpaired) electrons. The zero-order valence-corrected chi connectivity index (χ0v) is 22.9. The summed E-state index contributed by atoms with van der Waals surface area (Å²) in [5.74, 6) is 2.74. The maximum atomic E-state index is 12.6. The molecule has 1 aromatic carbocycles. The van der Waals surface area contributed by atoms with Crippen molar-refractivity contribution in [1.82, 2.24) is 5.01 Å². The van der Waals surface area contributed by atoms with Gasteiger partial charge in [0.1, 0.15) is 0 Å². The van der Waals surface area contributed by atoms with Gasteiger partial charge in [-0.25, -0.2) is 5.01 Å². The van der Waals surface area contributed by atoms with E-state index in [0.717, 1.165) is 47.9 Å². The third kappa shape index (κ3) is 3.70. The molecule has 1 aromatic rings. The van der Waals surface area contributed by atoms with Gasteiger partial charge in [0, 0.05) is 29.4 Å². The molecule has 1 aliphatic heterocycles. The molecule has 1 heterocycles. The monoisotopic (exact) mass is 538 g/mol. The molecule has 4 aliphatic carbocycles. The summed E-state index contributed by atoms with van der Waals surface area (Å²) in [6.45, 7) is 6.70. The number of aliphatic hydroxyl groups is 1. The minimum atomic E-state index is -0.140. The van der Waals surface area contributed by atoms with Crippen LogP contribution >= 0.6 is 15.9 Å². The molecule has 4 nitrogen and oxygen atoms in total. The van der Waals surface area contributed by atoms with Gasteiger partial charge < -0.3 is 5.11 Å². The van der Waals surface area contributed by atoms with Crippen molar-refractivity contribution in [3.8, 4) is 0 Å². The molecule has 0 bridgehead atoms. The average molecular weight is 540 g/mol. The van der Waals surface area contributed by atoms with Crippen molar-refractivity contribution < 1.29 is 9.90 Å². The zero-order chi connectivity index (χ0) is 24.5. The van der Waals surface area contributed by atoms with Crippen LogP contribution in [0.1, 0.15) is 90.2 Å². The van der Waals surface area contributed by atoms with Gasteiger partial charge in [-0.2, -0.15) is 5.10 Å². The SMILES string of the molecule is CC(=O)N1N=C([C@H]2CC[C@H]3[C@@H]4CC=C5C[C@@H](O)CC[C@]5(C)[C@H]4CC[C@]23C)C[C@@H]1c1ccc(Br)cc1. The van der Waals surface area contributed by atoms with E-state index >= 15 is 0 Å². The summed E-state index contributed by atoms with van der Waals surface area (Å²) in [4.78, 5) is 12.6. The van der Waals surface area contributed by atoms with Crippen molar-refractivity contribution in [3.63, 3.8) is 0 Å². The quantitative estimate of drug-likeness (QED) is 0.410. The molecular weight excluding hydrogens is 500 g/mol. The molecule has 1 amide bonds. The van der Waals surface area contributed by atoms with Gasteiger partial charge in [0.2, 0.25) is 5.91 Å². The predicted octanol–water partition coefficient (Wildman–Crippen LogP) is 7.04. The van der Waals surface area contributed by atoms with Gasteiger partial charge in [0.25, 0.3) is 0 Å². The highest BCUT2D eigenvalue weighted by atomic mass is 79.9. The molecule has 6 rings (SSSR count). The first kappa shape index (κ1) is 23.9. The summed E-state index contributed by atoms with van der Waals surface area (Å²) in [6, 6.07) is 8.40. The van der Waals surface area contributed by atoms with Gasteiger partial charge in [-0.1, -0.05) is 53.6 Å². The van der Waals surface area contributed by atoms with E-state index in [1.165, 1.54) is 43.4 Å². The number of hydrogen-bond donors (Lipinski definition) is 1. The second-order valence-electron chi connectivity index (χ2n) is 12.6. The van der Waals surface area contributed by atoms with E-state index in [4.69, 9.17) is 5.10 Å². The van der Waals surface area contributed by atoms with Crippen LogP contribution in [-0.2, 0) is 4.79 Å². The van der Waals surface area contributed by atoms with Crippen molar-refractivity contribution in [2.45, 2.75) is 90.7 Å². The Morgan fingerprint density at radius 1 is 1.06 bits per heavy atom. The number of allylic oxidation sites excluding steroid dienone is 1. The van der Waals surface area contributed by atoms with Crippen molar-refractivity contribution in [1.29, 1.82) is 0 Å². The van der Waals surface area contributed by atoms with Gasteiger partial charge >= 0.3 is 0 Å². The van der Waals surface area contributed by atoms with Gasteiger partial charge in [-0.15, -0.1) is 0 Å². The van der Waals surface area contributed by atoms with E-state index in [9.17, 15) is 9.90 Å². The normalized spacial score (nSPS) is 42.6. The zero-order valence-electron chi connectivity index (χ0n) is 21.3. The number of halogens is 1. The Morgan fingerprint density at radius 2 is 1.83 bits per heavy atom. The summed E-state index contributed by atoms with van der Waals surface area (Å²) in [6.07, 6.45) is 12.5. The number of nitrogens with zero attached hydrogens (tertiary/aromatic N) is 2. The van der Waals surface area contributed by atoms with Crippen LogP contribution < -0.4 is 0 Å². The Morgan fingerprint density at radius 3 is 2.57 bits per heavy atom. The fourth-order valence-corrected chi connectivity index (χ4v) is 9.43. The minimum absolute atomic E-state index is 0.0161. The Labute approximate surface area is 218 Å². The number of amides is 1. The van der Waals surface area contributed by atoms with Crippen molar-refractivity contribution in [3.05, 3.63) is 46.0 Å². The molecule has 3 fully saturated rings. The summed E-state index contributed by atoms with van der Waals surface area (Å²) < 4.78 is 1.06. The number of carbonyl (C=O) groups excluding carboxylic acids is 1. The summed E-state index contributed by atoms with van der Waals surface area (Å²) in [5, 5.41) is 17.1. The lowest BCUT2D eigenvalue weighted by Gasteiger charge is -2.58. The highest BCUT2D eigenvalue weighted by Crippen LogP contribution is 2.66. The van der Waals surface area contributed by atoms with Crippen LogP contribution in [0.2, 0.25) is 0 Å². The van der Waals surface area contributed by atoms with Gasteiger partial charge in [-0.05, 0) is 97.6 Å². The fourth-order valence-electron chi connectivity index (χ4n) is 9.17. The molecule has 1 N–H and O–H groups in total. The maximum Gasteiger partial charge on any atom is 0.240 e. The molecule has 35 heavy (non-hydrogen) atoms. The largest absolute Gasteiger partial charge is 0.393 e. The summed E-state index contributed by atoms with van der Waals surface area (Å²) in [5.41, 5.74) is 4.53. The Balaban J connectivity index is 1.27. The molecule has 0 unspecified atom stereocenters. The molecule has 188 valence electrons. The minimum Gasteiger partial charge on any atom is -0.393 e. The highest BCUT2D eigenvalue weighted by molar-refractivity contribution is 9.10. The predicted molar refractivity (Wildman–Crippen MR) is 143 cm³/mol. The van der Waals surface area contributed by atoms with Crippen LogP contribution in [0.3, 0.4) is 0 Å². The number of carbonyl (C=O) groups is 1. The lowest BCUT2D eigenvalue weighted by atomic mass is 9.47. The number of rotatable bonds is 2. The van der Waals surface area contributed by atoms with Gasteiger partial charge in [0.15, 0.2) is 0 Å². The molecule has 3 saturated carbocycles. The third-order valence-corrected chi connectivity index (χ3v) is 11.5. The second-order valence-corrected chi connectivity index (χ2v) is 13.5. The van der Waals surface area contributed by atoms with Crippen molar-refractivity contribution in [2.75, 3.05) is 0 Å². The molecular formula is C30H39BrN2O2. The van der Waals surface area contributed by atoms with Crippen LogP contribution in [0.4, 0.5) is 0 Å². The number of hydrazone groups is 1. The van der Waals surface area contributed by atoms with Crippen LogP contribution in [0, 0.1) is 34.5 Å². The van der Waals surface area contributed by atoms with E-state index in [1.807, 2.05) is 0 Å². The topological polar surface area (TPSA) is 52.9 Å². The fraction of sp³-hybridized carbons (Fsp3) is 0.667. The van der Waals surface area contributed by atoms with Crippen LogP contribution in [-0.4, -0.2) is 27.8 Å². The molecule has 8 atom stereocenters. The van der Waals surface area contributed by atoms with E-state index in [1.54, 1.807) is 17.5 Å². The number of benzene rings is 1. The lowest BCUT2D eigenvalue weighted by Crippen LogP contribution is -2.51. The number of hydrogen-bond acceptors (Lipinski definition) is 3. The van der Waals surface area contributed by atoms with E-state index in [-0.39, 0.29) is 28.9 Å². The molecule has 0 spiro atoms. The summed E-state index contributed by atoms with van der Waals surface area (Å²) in [7, 11) is 0. The van der Waals surface area contributed by atoms with Crippen LogP contribution in [0.5, 0.6) is 0 Å². The number of fused-ring (bicyclic) bond motifs is 5. The van der Waals surface area contributed by atoms with Crippen molar-refractivity contribution >= 4 is 27.5 Å². The summed E-state index contributed by atoms with van der Waals surface area (Å²) >= 11 is 3.54. The third-order valence-electron chi connectivity index (χ3n) is 11.0. The first-order valence-electron chi connectivity index (χ1n) is 13.7. The highest BCUT2D eigenvalue weighted by Gasteiger charge is 2.59. The van der Waals surface area contributed by atoms with E-state index < -0.39 is 0 Å². The maximum absolute atomic E-state index is 12.6. The smallest absolute Gasteiger partial charge is 0.240 e.